The van der Waals surface area contributed by atoms with E-state index in [4.69, 9.17) is 11.6 Å². The highest BCUT2D eigenvalue weighted by Crippen LogP contribution is 2.30. The molecule has 4 rings (SSSR count). The molecule has 5 nitrogen and oxygen atoms in total. The van der Waals surface area contributed by atoms with Crippen molar-refractivity contribution in [2.45, 2.75) is 6.18 Å². The summed E-state index contributed by atoms with van der Waals surface area (Å²) in [6.07, 6.45) is -0.954. The molecular formula is C21H18ClF3N4O. The summed E-state index contributed by atoms with van der Waals surface area (Å²) in [6, 6.07) is 11.9. The van der Waals surface area contributed by atoms with Crippen molar-refractivity contribution in [2.24, 2.45) is 0 Å². The van der Waals surface area contributed by atoms with Gasteiger partial charge in [0.1, 0.15) is 0 Å². The number of anilines is 1. The predicted molar refractivity (Wildman–Crippen MR) is 108 cm³/mol. The molecule has 1 amide bonds. The summed E-state index contributed by atoms with van der Waals surface area (Å²) in [4.78, 5) is 20.7. The van der Waals surface area contributed by atoms with Crippen molar-refractivity contribution in [3.8, 4) is 5.69 Å². The molecule has 1 aromatic heterocycles. The number of piperazine rings is 1. The third kappa shape index (κ3) is 4.14. The first-order valence-corrected chi connectivity index (χ1v) is 9.71. The van der Waals surface area contributed by atoms with Crippen LogP contribution in [0.25, 0.3) is 5.69 Å². The van der Waals surface area contributed by atoms with Crippen molar-refractivity contribution in [1.82, 2.24) is 14.5 Å². The molecule has 2 aromatic carbocycles. The summed E-state index contributed by atoms with van der Waals surface area (Å²) >= 11 is 6.09. The molecule has 9 heteroatoms. The highest BCUT2D eigenvalue weighted by Gasteiger charge is 2.32. The highest BCUT2D eigenvalue weighted by molar-refractivity contribution is 6.30. The fourth-order valence-electron chi connectivity index (χ4n) is 3.48. The second kappa shape index (κ2) is 8.02. The molecule has 0 radical (unpaired) electrons. The van der Waals surface area contributed by atoms with E-state index in [-0.39, 0.29) is 5.56 Å². The van der Waals surface area contributed by atoms with E-state index in [0.29, 0.717) is 31.2 Å². The molecule has 0 bridgehead atoms. The zero-order chi connectivity index (χ0) is 21.3. The number of imidazole rings is 1. The monoisotopic (exact) mass is 434 g/mol. The van der Waals surface area contributed by atoms with Crippen LogP contribution in [0.3, 0.4) is 0 Å². The first kappa shape index (κ1) is 20.3. The lowest BCUT2D eigenvalue weighted by atomic mass is 10.1. The van der Waals surface area contributed by atoms with Gasteiger partial charge < -0.3 is 9.80 Å². The van der Waals surface area contributed by atoms with Crippen LogP contribution in [-0.2, 0) is 6.18 Å². The predicted octanol–water partition coefficient (Wildman–Crippen LogP) is 4.51. The van der Waals surface area contributed by atoms with E-state index >= 15 is 0 Å². The first-order valence-electron chi connectivity index (χ1n) is 9.34. The number of carbonyl (C=O) groups is 1. The number of halogens is 4. The number of alkyl halides is 3. The van der Waals surface area contributed by atoms with Gasteiger partial charge in [-0.3, -0.25) is 9.36 Å². The zero-order valence-corrected chi connectivity index (χ0v) is 16.6. The van der Waals surface area contributed by atoms with Crippen LogP contribution in [0.1, 0.15) is 15.9 Å². The Morgan fingerprint density at radius 3 is 2.43 bits per heavy atom. The van der Waals surface area contributed by atoms with Gasteiger partial charge in [0.2, 0.25) is 5.95 Å². The molecule has 1 fully saturated rings. The number of benzene rings is 2. The van der Waals surface area contributed by atoms with Crippen LogP contribution in [0.5, 0.6) is 0 Å². The smallest absolute Gasteiger partial charge is 0.338 e. The lowest BCUT2D eigenvalue weighted by Crippen LogP contribution is -2.49. The lowest BCUT2D eigenvalue weighted by molar-refractivity contribution is -0.137. The van der Waals surface area contributed by atoms with Gasteiger partial charge in [0.05, 0.1) is 5.56 Å². The largest absolute Gasteiger partial charge is 0.416 e. The molecule has 1 aliphatic heterocycles. The van der Waals surface area contributed by atoms with Crippen LogP contribution in [-0.4, -0.2) is 46.5 Å². The summed E-state index contributed by atoms with van der Waals surface area (Å²) in [5.41, 5.74) is 0.0895. The van der Waals surface area contributed by atoms with Gasteiger partial charge in [-0.25, -0.2) is 4.98 Å². The molecule has 2 heterocycles. The van der Waals surface area contributed by atoms with Gasteiger partial charge in [0.15, 0.2) is 0 Å². The highest BCUT2D eigenvalue weighted by atomic mass is 35.5. The van der Waals surface area contributed by atoms with Crippen LogP contribution in [0.15, 0.2) is 60.9 Å². The summed E-state index contributed by atoms with van der Waals surface area (Å²) in [7, 11) is 0. The molecule has 3 aromatic rings. The van der Waals surface area contributed by atoms with Crippen molar-refractivity contribution in [3.05, 3.63) is 77.1 Å². The average molecular weight is 435 g/mol. The SMILES string of the molecule is O=C(c1cccc(C(F)(F)F)c1)N1CCN(c2nccn2-c2cccc(Cl)c2)CC1. The number of hydrogen-bond acceptors (Lipinski definition) is 3. The maximum absolute atomic E-state index is 12.9. The normalized spacial score (nSPS) is 14.8. The maximum Gasteiger partial charge on any atom is 0.416 e. The molecule has 30 heavy (non-hydrogen) atoms. The second-order valence-electron chi connectivity index (χ2n) is 6.93. The van der Waals surface area contributed by atoms with E-state index in [1.54, 1.807) is 17.2 Å². The summed E-state index contributed by atoms with van der Waals surface area (Å²) in [6.45, 7) is 1.81. The Balaban J connectivity index is 1.47. The maximum atomic E-state index is 12.9. The van der Waals surface area contributed by atoms with Gasteiger partial charge in [0.25, 0.3) is 5.91 Å². The number of carbonyl (C=O) groups excluding carboxylic acids is 1. The Labute approximate surface area is 176 Å². The minimum atomic E-state index is -4.48. The average Bonchev–Trinajstić information content (AvgIpc) is 3.23. The minimum absolute atomic E-state index is 0.0405. The van der Waals surface area contributed by atoms with E-state index in [9.17, 15) is 18.0 Å². The Morgan fingerprint density at radius 1 is 1.00 bits per heavy atom. The number of amides is 1. The molecule has 0 atom stereocenters. The van der Waals surface area contributed by atoms with E-state index in [1.165, 1.54) is 12.1 Å². The minimum Gasteiger partial charge on any atom is -0.338 e. The first-order chi connectivity index (χ1) is 14.3. The molecule has 0 unspecified atom stereocenters. The molecule has 0 aliphatic carbocycles. The topological polar surface area (TPSA) is 41.4 Å². The number of rotatable bonds is 3. The molecular weight excluding hydrogens is 417 g/mol. The van der Waals surface area contributed by atoms with E-state index in [1.807, 2.05) is 33.9 Å². The van der Waals surface area contributed by atoms with Crippen molar-refractivity contribution in [3.63, 3.8) is 0 Å². The number of aromatic nitrogens is 2. The Hall–Kier alpha value is -3.00. The standard InChI is InChI=1S/C21H18ClF3N4O/c22-17-5-2-6-18(14-17)29-8-7-26-20(29)28-11-9-27(10-12-28)19(30)15-3-1-4-16(13-15)21(23,24)25/h1-8,13-14H,9-12H2. The summed E-state index contributed by atoms with van der Waals surface area (Å²) in [5.74, 6) is 0.322. The van der Waals surface area contributed by atoms with Gasteiger partial charge in [-0.1, -0.05) is 23.7 Å². The number of nitrogens with zero attached hydrogens (tertiary/aromatic N) is 4. The van der Waals surface area contributed by atoms with E-state index in [2.05, 4.69) is 4.98 Å². The third-order valence-electron chi connectivity index (χ3n) is 4.99. The molecule has 156 valence electrons. The quantitative estimate of drug-likeness (QED) is 0.609. The Morgan fingerprint density at radius 2 is 1.73 bits per heavy atom. The fraction of sp³-hybridized carbons (Fsp3) is 0.238. The third-order valence-corrected chi connectivity index (χ3v) is 5.23. The van der Waals surface area contributed by atoms with Crippen molar-refractivity contribution < 1.29 is 18.0 Å². The number of hydrogen-bond donors (Lipinski definition) is 0. The van der Waals surface area contributed by atoms with Crippen LogP contribution < -0.4 is 4.90 Å². The van der Waals surface area contributed by atoms with Gasteiger partial charge in [-0.15, -0.1) is 0 Å². The van der Waals surface area contributed by atoms with E-state index in [0.717, 1.165) is 23.8 Å². The van der Waals surface area contributed by atoms with Crippen molar-refractivity contribution >= 4 is 23.5 Å². The molecule has 1 saturated heterocycles. The van der Waals surface area contributed by atoms with Crippen LogP contribution >= 0.6 is 11.6 Å². The fourth-order valence-corrected chi connectivity index (χ4v) is 3.66. The summed E-state index contributed by atoms with van der Waals surface area (Å²) < 4.78 is 40.7. The molecule has 1 aliphatic rings. The molecule has 0 spiro atoms. The van der Waals surface area contributed by atoms with Crippen molar-refractivity contribution in [1.29, 1.82) is 0 Å². The van der Waals surface area contributed by atoms with Crippen LogP contribution in [0.2, 0.25) is 5.02 Å². The van der Waals surface area contributed by atoms with Gasteiger partial charge in [-0.2, -0.15) is 13.2 Å². The van der Waals surface area contributed by atoms with Crippen LogP contribution in [0.4, 0.5) is 19.1 Å². The van der Waals surface area contributed by atoms with Gasteiger partial charge in [-0.05, 0) is 36.4 Å². The lowest BCUT2D eigenvalue weighted by Gasteiger charge is -2.35. The zero-order valence-electron chi connectivity index (χ0n) is 15.8. The molecule has 0 saturated carbocycles. The molecule has 0 N–H and O–H groups in total. The summed E-state index contributed by atoms with van der Waals surface area (Å²) in [5, 5.41) is 0.614. The van der Waals surface area contributed by atoms with Crippen molar-refractivity contribution in [2.75, 3.05) is 31.1 Å². The van der Waals surface area contributed by atoms with E-state index < -0.39 is 17.6 Å². The second-order valence-corrected chi connectivity index (χ2v) is 7.37. The Bertz CT molecular complexity index is 1060. The van der Waals surface area contributed by atoms with Gasteiger partial charge in [0, 0.05) is 54.8 Å². The Kier molecular flexibility index (Phi) is 5.42. The van der Waals surface area contributed by atoms with Gasteiger partial charge >= 0.3 is 6.18 Å². The van der Waals surface area contributed by atoms with Crippen LogP contribution in [0, 0.1) is 0 Å².